The van der Waals surface area contributed by atoms with Gasteiger partial charge < -0.3 is 19.5 Å². The van der Waals surface area contributed by atoms with Crippen molar-refractivity contribution in [1.29, 1.82) is 0 Å². The van der Waals surface area contributed by atoms with Gasteiger partial charge in [0.25, 0.3) is 11.7 Å². The van der Waals surface area contributed by atoms with E-state index in [0.29, 0.717) is 12.4 Å². The highest BCUT2D eigenvalue weighted by molar-refractivity contribution is 6.47. The van der Waals surface area contributed by atoms with Crippen LogP contribution < -0.4 is 4.74 Å². The van der Waals surface area contributed by atoms with Crippen LogP contribution in [0.2, 0.25) is 5.02 Å². The third kappa shape index (κ3) is 4.20. The number of ketones is 1. The van der Waals surface area contributed by atoms with Gasteiger partial charge in [0, 0.05) is 19.2 Å². The minimum absolute atomic E-state index is 0.00254. The number of hydrogen-bond donors (Lipinski definition) is 1. The number of methoxy groups -OCH3 is 1. The fourth-order valence-corrected chi connectivity index (χ4v) is 3.78. The molecule has 0 aromatic heterocycles. The highest BCUT2D eigenvalue weighted by atomic mass is 35.5. The Labute approximate surface area is 180 Å². The predicted octanol–water partition coefficient (Wildman–Crippen LogP) is 4.12. The molecular weight excluding hydrogens is 406 g/mol. The Morgan fingerprint density at radius 2 is 1.97 bits per heavy atom. The number of Topliss-reactive ketones (excluding diaryl/α,β-unsaturated/α-hetero) is 1. The largest absolute Gasteiger partial charge is 0.507 e. The van der Waals surface area contributed by atoms with Crippen LogP contribution in [-0.4, -0.2) is 48.6 Å². The number of halogens is 1. The summed E-state index contributed by atoms with van der Waals surface area (Å²) in [6.07, 6.45) is 0. The maximum absolute atomic E-state index is 13.0. The number of carbonyl (C=O) groups is 2. The number of aliphatic hydroxyl groups excluding tert-OH is 1. The molecule has 1 atom stereocenters. The van der Waals surface area contributed by atoms with E-state index < -0.39 is 17.7 Å². The van der Waals surface area contributed by atoms with Crippen LogP contribution in [-0.2, 0) is 14.3 Å². The normalized spacial score (nSPS) is 18.1. The first-order valence-electron chi connectivity index (χ1n) is 9.65. The van der Waals surface area contributed by atoms with Crippen molar-refractivity contribution < 1.29 is 24.2 Å². The van der Waals surface area contributed by atoms with Crippen molar-refractivity contribution in [2.24, 2.45) is 0 Å². The average molecular weight is 430 g/mol. The van der Waals surface area contributed by atoms with Crippen molar-refractivity contribution >= 4 is 29.1 Å². The van der Waals surface area contributed by atoms with Crippen LogP contribution in [0.15, 0.2) is 48.0 Å². The average Bonchev–Trinajstić information content (AvgIpc) is 2.98. The van der Waals surface area contributed by atoms with Crippen LogP contribution in [0.5, 0.6) is 5.75 Å². The number of amides is 1. The monoisotopic (exact) mass is 429 g/mol. The van der Waals surface area contributed by atoms with E-state index in [9.17, 15) is 14.7 Å². The SMILES string of the molecule is CCOc1ccc(Cl)c(/C(O)=C2\C(=O)C(=O)N(CCOC)C2c2cccc(C)c2)c1. The summed E-state index contributed by atoms with van der Waals surface area (Å²) in [6, 6.07) is 11.6. The predicted molar refractivity (Wildman–Crippen MR) is 115 cm³/mol. The molecule has 158 valence electrons. The van der Waals surface area contributed by atoms with Crippen molar-refractivity contribution in [1.82, 2.24) is 4.90 Å². The second-order valence-electron chi connectivity index (χ2n) is 6.97. The van der Waals surface area contributed by atoms with Crippen LogP contribution in [0.4, 0.5) is 0 Å². The highest BCUT2D eigenvalue weighted by Gasteiger charge is 2.46. The third-order valence-corrected chi connectivity index (χ3v) is 5.27. The van der Waals surface area contributed by atoms with Crippen molar-refractivity contribution in [3.63, 3.8) is 0 Å². The lowest BCUT2D eigenvalue weighted by atomic mass is 9.94. The van der Waals surface area contributed by atoms with Gasteiger partial charge in [-0.3, -0.25) is 9.59 Å². The molecule has 1 saturated heterocycles. The van der Waals surface area contributed by atoms with Crippen LogP contribution in [0.1, 0.15) is 29.7 Å². The van der Waals surface area contributed by atoms with E-state index >= 15 is 0 Å². The molecule has 2 aromatic rings. The lowest BCUT2D eigenvalue weighted by Crippen LogP contribution is -2.32. The Morgan fingerprint density at radius 3 is 2.63 bits per heavy atom. The number of nitrogens with zero attached hydrogens (tertiary/aromatic N) is 1. The van der Waals surface area contributed by atoms with Crippen LogP contribution in [0.3, 0.4) is 0 Å². The molecule has 0 saturated carbocycles. The zero-order valence-corrected chi connectivity index (χ0v) is 17.9. The smallest absolute Gasteiger partial charge is 0.295 e. The number of carbonyl (C=O) groups excluding carboxylic acids is 2. The Kier molecular flexibility index (Phi) is 6.80. The van der Waals surface area contributed by atoms with Gasteiger partial charge >= 0.3 is 0 Å². The third-order valence-electron chi connectivity index (χ3n) is 4.94. The van der Waals surface area contributed by atoms with E-state index in [0.717, 1.165) is 11.1 Å². The summed E-state index contributed by atoms with van der Waals surface area (Å²) in [5, 5.41) is 11.4. The van der Waals surface area contributed by atoms with Crippen molar-refractivity contribution in [3.05, 3.63) is 69.8 Å². The fourth-order valence-electron chi connectivity index (χ4n) is 3.57. The quantitative estimate of drug-likeness (QED) is 0.407. The van der Waals surface area contributed by atoms with E-state index in [1.54, 1.807) is 18.2 Å². The Bertz CT molecular complexity index is 1000. The topological polar surface area (TPSA) is 76.1 Å². The molecule has 30 heavy (non-hydrogen) atoms. The fraction of sp³-hybridized carbons (Fsp3) is 0.304. The van der Waals surface area contributed by atoms with Gasteiger partial charge in [-0.2, -0.15) is 0 Å². The molecule has 1 heterocycles. The minimum atomic E-state index is -0.756. The van der Waals surface area contributed by atoms with E-state index in [2.05, 4.69) is 0 Å². The van der Waals surface area contributed by atoms with Gasteiger partial charge in [0.15, 0.2) is 0 Å². The first kappa shape index (κ1) is 21.9. The van der Waals surface area contributed by atoms with Gasteiger partial charge in [-0.15, -0.1) is 0 Å². The Balaban J connectivity index is 2.20. The molecule has 0 radical (unpaired) electrons. The second kappa shape index (κ2) is 9.32. The molecule has 1 amide bonds. The standard InChI is InChI=1S/C23H24ClNO5/c1-4-30-16-8-9-18(24)17(13-16)21(26)19-20(15-7-5-6-14(2)12-15)25(10-11-29-3)23(28)22(19)27/h5-9,12-13,20,26H,4,10-11H2,1-3H3/b21-19+. The van der Waals surface area contributed by atoms with E-state index in [1.165, 1.54) is 12.0 Å². The summed E-state index contributed by atoms with van der Waals surface area (Å²) in [4.78, 5) is 27.2. The summed E-state index contributed by atoms with van der Waals surface area (Å²) in [6.45, 7) is 4.67. The van der Waals surface area contributed by atoms with E-state index in [-0.39, 0.29) is 35.1 Å². The molecule has 1 aliphatic heterocycles. The molecule has 1 N–H and O–H groups in total. The van der Waals surface area contributed by atoms with Crippen molar-refractivity contribution in [2.75, 3.05) is 26.9 Å². The molecule has 0 spiro atoms. The maximum Gasteiger partial charge on any atom is 0.295 e. The number of likely N-dealkylation sites (tertiary alicyclic amines) is 1. The summed E-state index contributed by atoms with van der Waals surface area (Å²) in [7, 11) is 1.53. The molecule has 6 nitrogen and oxygen atoms in total. The van der Waals surface area contributed by atoms with Crippen LogP contribution in [0, 0.1) is 6.92 Å². The number of ether oxygens (including phenoxy) is 2. The summed E-state index contributed by atoms with van der Waals surface area (Å²) >= 11 is 6.31. The lowest BCUT2D eigenvalue weighted by molar-refractivity contribution is -0.140. The van der Waals surface area contributed by atoms with Gasteiger partial charge in [-0.1, -0.05) is 41.4 Å². The first-order chi connectivity index (χ1) is 14.4. The first-order valence-corrected chi connectivity index (χ1v) is 10.0. The molecule has 1 aliphatic rings. The van der Waals surface area contributed by atoms with E-state index in [4.69, 9.17) is 21.1 Å². The summed E-state index contributed by atoms with van der Waals surface area (Å²) in [5.74, 6) is -1.26. The van der Waals surface area contributed by atoms with E-state index in [1.807, 2.05) is 38.1 Å². The number of hydrogen-bond acceptors (Lipinski definition) is 5. The number of aliphatic hydroxyl groups is 1. The lowest BCUT2D eigenvalue weighted by Gasteiger charge is -2.25. The molecule has 0 bridgehead atoms. The molecule has 7 heteroatoms. The molecule has 0 aliphatic carbocycles. The number of aryl methyl sites for hydroxylation is 1. The minimum Gasteiger partial charge on any atom is -0.507 e. The molecule has 1 unspecified atom stereocenters. The maximum atomic E-state index is 13.0. The van der Waals surface area contributed by atoms with Crippen LogP contribution in [0.25, 0.3) is 5.76 Å². The highest BCUT2D eigenvalue weighted by Crippen LogP contribution is 2.41. The Hall–Kier alpha value is -2.83. The van der Waals surface area contributed by atoms with Crippen molar-refractivity contribution in [3.8, 4) is 5.75 Å². The zero-order chi connectivity index (χ0) is 21.8. The second-order valence-corrected chi connectivity index (χ2v) is 7.38. The van der Waals surface area contributed by atoms with Crippen LogP contribution >= 0.6 is 11.6 Å². The molecule has 2 aromatic carbocycles. The van der Waals surface area contributed by atoms with Gasteiger partial charge in [0.1, 0.15) is 11.5 Å². The van der Waals surface area contributed by atoms with Gasteiger partial charge in [-0.25, -0.2) is 0 Å². The van der Waals surface area contributed by atoms with Crippen molar-refractivity contribution in [2.45, 2.75) is 19.9 Å². The molecular formula is C23H24ClNO5. The van der Waals surface area contributed by atoms with Gasteiger partial charge in [0.05, 0.1) is 29.9 Å². The summed E-state index contributed by atoms with van der Waals surface area (Å²) < 4.78 is 10.6. The molecule has 3 rings (SSSR count). The Morgan fingerprint density at radius 1 is 1.20 bits per heavy atom. The molecule has 1 fully saturated rings. The zero-order valence-electron chi connectivity index (χ0n) is 17.1. The van der Waals surface area contributed by atoms with Gasteiger partial charge in [-0.05, 0) is 37.6 Å². The number of rotatable bonds is 7. The summed E-state index contributed by atoms with van der Waals surface area (Å²) in [5.41, 5.74) is 1.94. The van der Waals surface area contributed by atoms with Gasteiger partial charge in [0.2, 0.25) is 0 Å². The number of benzene rings is 2.